The van der Waals surface area contributed by atoms with Crippen molar-refractivity contribution in [1.29, 1.82) is 0 Å². The lowest BCUT2D eigenvalue weighted by molar-refractivity contribution is -0.0214. The summed E-state index contributed by atoms with van der Waals surface area (Å²) >= 11 is 0. The molecule has 0 aliphatic carbocycles. The Kier molecular flexibility index (Phi) is 4.58. The van der Waals surface area contributed by atoms with E-state index in [-0.39, 0.29) is 6.04 Å². The normalized spacial score (nSPS) is 19.6. The van der Waals surface area contributed by atoms with Gasteiger partial charge in [-0.15, -0.1) is 0 Å². The lowest BCUT2D eigenvalue weighted by Gasteiger charge is -2.38. The molecule has 2 aliphatic heterocycles. The number of fused-ring (bicyclic) bond motifs is 3. The minimum Gasteiger partial charge on any atom is -0.490 e. The van der Waals surface area contributed by atoms with Crippen molar-refractivity contribution in [3.8, 4) is 11.5 Å². The molecule has 2 atom stereocenters. The first kappa shape index (κ1) is 18.5. The third-order valence-corrected chi connectivity index (χ3v) is 5.30. The highest BCUT2D eigenvalue weighted by molar-refractivity contribution is 6.01. The van der Waals surface area contributed by atoms with Crippen LogP contribution in [-0.2, 0) is 0 Å². The monoisotopic (exact) mass is 407 g/mol. The van der Waals surface area contributed by atoms with E-state index >= 15 is 0 Å². The van der Waals surface area contributed by atoms with Crippen molar-refractivity contribution < 1.29 is 18.3 Å². The second kappa shape index (κ2) is 7.40. The van der Waals surface area contributed by atoms with Gasteiger partial charge in [0.2, 0.25) is 6.23 Å². The van der Waals surface area contributed by atoms with Crippen LogP contribution in [0.4, 0.5) is 8.78 Å². The summed E-state index contributed by atoms with van der Waals surface area (Å²) in [6.07, 6.45) is 3.40. The van der Waals surface area contributed by atoms with Crippen LogP contribution < -0.4 is 9.47 Å². The largest absolute Gasteiger partial charge is 0.490 e. The molecule has 3 heterocycles. The minimum atomic E-state index is -0.924. The zero-order valence-corrected chi connectivity index (χ0v) is 16.3. The van der Waals surface area contributed by atoms with Crippen molar-refractivity contribution >= 4 is 5.71 Å². The van der Waals surface area contributed by atoms with Gasteiger partial charge in [-0.2, -0.15) is 5.10 Å². The van der Waals surface area contributed by atoms with Gasteiger partial charge in [-0.3, -0.25) is 4.98 Å². The van der Waals surface area contributed by atoms with E-state index in [0.717, 1.165) is 29.0 Å². The Hall–Kier alpha value is -3.48. The van der Waals surface area contributed by atoms with Crippen LogP contribution >= 0.6 is 0 Å². The van der Waals surface area contributed by atoms with Gasteiger partial charge in [0.05, 0.1) is 18.4 Å². The maximum atomic E-state index is 14.0. The fourth-order valence-electron chi connectivity index (χ4n) is 3.95. The van der Waals surface area contributed by atoms with Crippen LogP contribution in [0.15, 0.2) is 66.0 Å². The molecule has 0 N–H and O–H groups in total. The average molecular weight is 407 g/mol. The van der Waals surface area contributed by atoms with Crippen molar-refractivity contribution in [2.75, 3.05) is 6.61 Å². The van der Waals surface area contributed by atoms with Crippen molar-refractivity contribution in [1.82, 2.24) is 9.99 Å². The summed E-state index contributed by atoms with van der Waals surface area (Å²) in [4.78, 5) is 4.19. The van der Waals surface area contributed by atoms with Crippen LogP contribution in [0, 0.1) is 11.6 Å². The molecule has 7 heteroatoms. The van der Waals surface area contributed by atoms with E-state index in [9.17, 15) is 8.78 Å². The molecule has 0 saturated heterocycles. The maximum absolute atomic E-state index is 14.0. The summed E-state index contributed by atoms with van der Waals surface area (Å²) in [6, 6.07) is 13.2. The molecule has 0 spiro atoms. The minimum absolute atomic E-state index is 0.123. The summed E-state index contributed by atoms with van der Waals surface area (Å²) in [5.74, 6) is -0.593. The van der Waals surface area contributed by atoms with Crippen LogP contribution in [0.25, 0.3) is 0 Å². The number of halogens is 2. The molecule has 0 unspecified atom stereocenters. The number of para-hydroxylation sites is 1. The van der Waals surface area contributed by atoms with Gasteiger partial charge in [-0.05, 0) is 31.2 Å². The predicted molar refractivity (Wildman–Crippen MR) is 107 cm³/mol. The Morgan fingerprint density at radius 2 is 2.03 bits per heavy atom. The van der Waals surface area contributed by atoms with Gasteiger partial charge in [-0.1, -0.05) is 24.3 Å². The first-order valence-electron chi connectivity index (χ1n) is 9.79. The number of pyridine rings is 1. The van der Waals surface area contributed by atoms with Gasteiger partial charge < -0.3 is 9.47 Å². The molecular weight excluding hydrogens is 388 g/mol. The number of rotatable bonds is 4. The van der Waals surface area contributed by atoms with Crippen LogP contribution in [0.1, 0.15) is 42.3 Å². The smallest absolute Gasteiger partial charge is 0.214 e. The fourth-order valence-corrected chi connectivity index (χ4v) is 3.95. The highest BCUT2D eigenvalue weighted by Crippen LogP contribution is 2.50. The molecule has 0 radical (unpaired) electrons. The van der Waals surface area contributed by atoms with Gasteiger partial charge in [0, 0.05) is 35.5 Å². The van der Waals surface area contributed by atoms with Crippen LogP contribution in [0.2, 0.25) is 0 Å². The number of benzene rings is 2. The van der Waals surface area contributed by atoms with Gasteiger partial charge in [0.25, 0.3) is 0 Å². The first-order valence-corrected chi connectivity index (χ1v) is 9.79. The Morgan fingerprint density at radius 1 is 1.13 bits per heavy atom. The van der Waals surface area contributed by atoms with Crippen LogP contribution in [0.3, 0.4) is 0 Å². The molecule has 0 amide bonds. The maximum Gasteiger partial charge on any atom is 0.214 e. The Labute approximate surface area is 172 Å². The summed E-state index contributed by atoms with van der Waals surface area (Å²) in [6.45, 7) is 2.39. The summed E-state index contributed by atoms with van der Waals surface area (Å²) in [5.41, 5.74) is 3.20. The van der Waals surface area contributed by atoms with E-state index in [1.165, 1.54) is 6.07 Å². The zero-order valence-electron chi connectivity index (χ0n) is 16.3. The second-order valence-electron chi connectivity index (χ2n) is 7.14. The Morgan fingerprint density at radius 3 is 2.80 bits per heavy atom. The van der Waals surface area contributed by atoms with E-state index in [1.54, 1.807) is 12.4 Å². The zero-order chi connectivity index (χ0) is 20.7. The fraction of sp³-hybridized carbons (Fsp3) is 0.217. The van der Waals surface area contributed by atoms with Gasteiger partial charge in [0.15, 0.2) is 23.1 Å². The number of hydrazone groups is 1. The van der Waals surface area contributed by atoms with Crippen LogP contribution in [0.5, 0.6) is 11.5 Å². The summed E-state index contributed by atoms with van der Waals surface area (Å²) in [5, 5.41) is 6.61. The molecule has 3 aromatic rings. The molecule has 5 rings (SSSR count). The Bertz CT molecular complexity index is 1120. The van der Waals surface area contributed by atoms with Gasteiger partial charge >= 0.3 is 0 Å². The number of ether oxygens (including phenoxy) is 2. The lowest BCUT2D eigenvalue weighted by atomic mass is 9.96. The number of aromatic nitrogens is 1. The Balaban J connectivity index is 1.63. The molecule has 5 nitrogen and oxygen atoms in total. The highest BCUT2D eigenvalue weighted by atomic mass is 19.2. The summed E-state index contributed by atoms with van der Waals surface area (Å²) in [7, 11) is 0. The lowest BCUT2D eigenvalue weighted by Crippen LogP contribution is -2.34. The third kappa shape index (κ3) is 3.07. The van der Waals surface area contributed by atoms with Crippen LogP contribution in [-0.4, -0.2) is 22.3 Å². The SMILES string of the molecule is CCOc1cccc2c1O[C@H](c1ccc(F)c(F)c1)N1N=C(c3cccnc3)C[C@H]21. The topological polar surface area (TPSA) is 47.0 Å². The van der Waals surface area contributed by atoms with E-state index in [0.29, 0.717) is 30.1 Å². The van der Waals surface area contributed by atoms with Crippen molar-refractivity contribution in [3.63, 3.8) is 0 Å². The van der Waals surface area contributed by atoms with E-state index in [1.807, 2.05) is 42.3 Å². The van der Waals surface area contributed by atoms with Gasteiger partial charge in [0.1, 0.15) is 0 Å². The molecule has 2 aliphatic rings. The highest BCUT2D eigenvalue weighted by Gasteiger charge is 2.42. The quantitative estimate of drug-likeness (QED) is 0.611. The van der Waals surface area contributed by atoms with E-state index < -0.39 is 17.9 Å². The third-order valence-electron chi connectivity index (χ3n) is 5.30. The molecule has 30 heavy (non-hydrogen) atoms. The van der Waals surface area contributed by atoms with Gasteiger partial charge in [-0.25, -0.2) is 13.8 Å². The van der Waals surface area contributed by atoms with E-state index in [2.05, 4.69) is 4.98 Å². The summed E-state index contributed by atoms with van der Waals surface area (Å²) < 4.78 is 39.6. The second-order valence-corrected chi connectivity index (χ2v) is 7.14. The molecule has 1 aromatic heterocycles. The molecule has 2 aromatic carbocycles. The predicted octanol–water partition coefficient (Wildman–Crippen LogP) is 5.00. The molecule has 0 fully saturated rings. The molecule has 0 saturated carbocycles. The number of nitrogens with zero attached hydrogens (tertiary/aromatic N) is 3. The molecular formula is C23H19F2N3O2. The molecule has 0 bridgehead atoms. The first-order chi connectivity index (χ1) is 14.7. The number of hydrogen-bond donors (Lipinski definition) is 0. The standard InChI is InChI=1S/C23H19F2N3O2/c1-2-29-21-7-3-6-16-20-12-19(15-5-4-10-26-13-15)27-28(20)23(30-22(16)21)14-8-9-17(24)18(25)11-14/h3-11,13,20,23H,2,12H2,1H3/t20-,23-/m1/s1. The number of hydrogen-bond acceptors (Lipinski definition) is 5. The van der Waals surface area contributed by atoms with Crippen molar-refractivity contribution in [3.05, 3.63) is 89.2 Å². The molecule has 152 valence electrons. The van der Waals surface area contributed by atoms with E-state index in [4.69, 9.17) is 14.6 Å². The van der Waals surface area contributed by atoms with Crippen molar-refractivity contribution in [2.45, 2.75) is 25.6 Å². The average Bonchev–Trinajstić information content (AvgIpc) is 3.22. The van der Waals surface area contributed by atoms with Crippen molar-refractivity contribution in [2.24, 2.45) is 5.10 Å².